The van der Waals surface area contributed by atoms with Gasteiger partial charge in [-0.05, 0) is 57.4 Å². The molecule has 2 aromatic rings. The maximum atomic E-state index is 13.1. The van der Waals surface area contributed by atoms with Gasteiger partial charge in [0.25, 0.3) is 5.91 Å². The summed E-state index contributed by atoms with van der Waals surface area (Å²) in [6, 6.07) is 7.93. The number of carbonyl (C=O) groups is 1. The lowest BCUT2D eigenvalue weighted by molar-refractivity contribution is -0.137. The van der Waals surface area contributed by atoms with Gasteiger partial charge in [-0.2, -0.15) is 13.2 Å². The van der Waals surface area contributed by atoms with Crippen LogP contribution < -0.4 is 14.8 Å². The molecule has 0 heterocycles. The van der Waals surface area contributed by atoms with Crippen molar-refractivity contribution in [1.82, 2.24) is 4.90 Å². The molecule has 0 aromatic heterocycles. The van der Waals surface area contributed by atoms with E-state index in [9.17, 15) is 18.0 Å². The first-order valence-corrected chi connectivity index (χ1v) is 9.22. The zero-order chi connectivity index (χ0) is 21.6. The van der Waals surface area contributed by atoms with Gasteiger partial charge in [-0.15, -0.1) is 0 Å². The van der Waals surface area contributed by atoms with Gasteiger partial charge in [0.05, 0.1) is 22.8 Å². The number of hydrogen-bond donors (Lipinski definition) is 1. The summed E-state index contributed by atoms with van der Waals surface area (Å²) in [7, 11) is 3.77. The molecule has 158 valence electrons. The minimum atomic E-state index is -4.63. The zero-order valence-corrected chi connectivity index (χ0v) is 17.0. The Balaban J connectivity index is 2.29. The lowest BCUT2D eigenvalue weighted by Gasteiger charge is -2.16. The Kier molecular flexibility index (Phi) is 7.75. The Morgan fingerprint density at radius 3 is 2.48 bits per heavy atom. The quantitative estimate of drug-likeness (QED) is 0.643. The van der Waals surface area contributed by atoms with E-state index in [0.29, 0.717) is 31.3 Å². The van der Waals surface area contributed by atoms with Gasteiger partial charge in [-0.25, -0.2) is 0 Å². The number of rotatable bonds is 8. The number of carbonyl (C=O) groups excluding carboxylic acids is 1. The summed E-state index contributed by atoms with van der Waals surface area (Å²) in [5.41, 5.74) is -0.909. The molecule has 0 aliphatic rings. The summed E-state index contributed by atoms with van der Waals surface area (Å²) < 4.78 is 50.3. The Bertz CT molecular complexity index is 857. The summed E-state index contributed by atoms with van der Waals surface area (Å²) in [5, 5.41) is 2.02. The Morgan fingerprint density at radius 2 is 1.86 bits per heavy atom. The third-order valence-corrected chi connectivity index (χ3v) is 4.16. The largest absolute Gasteiger partial charge is 0.494 e. The average molecular weight is 431 g/mol. The number of amides is 1. The standard InChI is InChI=1S/C20H22ClF3N2O3/c1-4-28-14-6-8-18(29-10-9-26(2)3)15(12-14)19(27)25-13-5-7-17(21)16(11-13)20(22,23)24/h5-8,11-12H,4,9-10H2,1-3H3,(H,25,27). The molecule has 1 N–H and O–H groups in total. The topological polar surface area (TPSA) is 50.8 Å². The van der Waals surface area contributed by atoms with Gasteiger partial charge in [-0.1, -0.05) is 11.6 Å². The molecule has 29 heavy (non-hydrogen) atoms. The van der Waals surface area contributed by atoms with E-state index >= 15 is 0 Å². The van der Waals surface area contributed by atoms with Crippen LogP contribution in [0.4, 0.5) is 18.9 Å². The van der Waals surface area contributed by atoms with E-state index in [0.717, 1.165) is 12.1 Å². The van der Waals surface area contributed by atoms with E-state index in [1.165, 1.54) is 12.1 Å². The summed E-state index contributed by atoms with van der Waals surface area (Å²) in [5.74, 6) is 0.129. The fraction of sp³-hybridized carbons (Fsp3) is 0.350. The first kappa shape index (κ1) is 22.8. The first-order chi connectivity index (χ1) is 13.6. The van der Waals surface area contributed by atoms with Gasteiger partial charge in [-0.3, -0.25) is 4.79 Å². The van der Waals surface area contributed by atoms with Crippen LogP contribution in [0.3, 0.4) is 0 Å². The van der Waals surface area contributed by atoms with E-state index in [-0.39, 0.29) is 11.3 Å². The van der Waals surface area contributed by atoms with Gasteiger partial charge in [0.1, 0.15) is 18.1 Å². The lowest BCUT2D eigenvalue weighted by atomic mass is 10.1. The van der Waals surface area contributed by atoms with Crippen molar-refractivity contribution in [3.63, 3.8) is 0 Å². The number of anilines is 1. The van der Waals surface area contributed by atoms with Crippen LogP contribution in [0.5, 0.6) is 11.5 Å². The fourth-order valence-corrected chi connectivity index (χ4v) is 2.65. The monoisotopic (exact) mass is 430 g/mol. The molecule has 0 aliphatic heterocycles. The molecule has 0 bridgehead atoms. The third kappa shape index (κ3) is 6.54. The molecule has 0 radical (unpaired) electrons. The Hall–Kier alpha value is -2.45. The van der Waals surface area contributed by atoms with Gasteiger partial charge in [0.2, 0.25) is 0 Å². The molecule has 0 atom stereocenters. The number of hydrogen-bond acceptors (Lipinski definition) is 4. The minimum absolute atomic E-state index is 0.0345. The fourth-order valence-electron chi connectivity index (χ4n) is 2.43. The highest BCUT2D eigenvalue weighted by Crippen LogP contribution is 2.36. The minimum Gasteiger partial charge on any atom is -0.494 e. The molecular formula is C20H22ClF3N2O3. The maximum Gasteiger partial charge on any atom is 0.417 e. The predicted octanol–water partition coefficient (Wildman–Crippen LogP) is 4.95. The van der Waals surface area contributed by atoms with E-state index in [1.54, 1.807) is 19.1 Å². The van der Waals surface area contributed by atoms with E-state index in [4.69, 9.17) is 21.1 Å². The number of alkyl halides is 3. The number of nitrogens with one attached hydrogen (secondary N) is 1. The smallest absolute Gasteiger partial charge is 0.417 e. The van der Waals surface area contributed by atoms with Crippen molar-refractivity contribution in [1.29, 1.82) is 0 Å². The van der Waals surface area contributed by atoms with Crippen molar-refractivity contribution in [2.45, 2.75) is 13.1 Å². The van der Waals surface area contributed by atoms with Crippen LogP contribution >= 0.6 is 11.6 Å². The zero-order valence-electron chi connectivity index (χ0n) is 16.3. The molecule has 0 fully saturated rings. The van der Waals surface area contributed by atoms with Crippen LogP contribution in [0.1, 0.15) is 22.8 Å². The highest BCUT2D eigenvalue weighted by molar-refractivity contribution is 6.31. The lowest BCUT2D eigenvalue weighted by Crippen LogP contribution is -2.21. The van der Waals surface area contributed by atoms with Crippen LogP contribution in [0, 0.1) is 0 Å². The molecule has 1 amide bonds. The van der Waals surface area contributed by atoms with Crippen molar-refractivity contribution in [3.05, 3.63) is 52.5 Å². The maximum absolute atomic E-state index is 13.1. The first-order valence-electron chi connectivity index (χ1n) is 8.84. The molecule has 0 spiro atoms. The Labute approximate surface area is 172 Å². The number of likely N-dealkylation sites (N-methyl/N-ethyl adjacent to an activating group) is 1. The SMILES string of the molecule is CCOc1ccc(OCCN(C)C)c(C(=O)Nc2ccc(Cl)c(C(F)(F)F)c2)c1. The van der Waals surface area contributed by atoms with Crippen LogP contribution in [0.25, 0.3) is 0 Å². The van der Waals surface area contributed by atoms with Crippen LogP contribution in [-0.2, 0) is 6.18 Å². The van der Waals surface area contributed by atoms with Crippen LogP contribution in [0.15, 0.2) is 36.4 Å². The van der Waals surface area contributed by atoms with Crippen LogP contribution in [0.2, 0.25) is 5.02 Å². The number of nitrogens with zero attached hydrogens (tertiary/aromatic N) is 1. The number of ether oxygens (including phenoxy) is 2. The third-order valence-electron chi connectivity index (χ3n) is 3.83. The molecule has 9 heteroatoms. The second-order valence-corrected chi connectivity index (χ2v) is 6.80. The number of halogens is 4. The normalized spacial score (nSPS) is 11.4. The van der Waals surface area contributed by atoms with Gasteiger partial charge < -0.3 is 19.7 Å². The average Bonchev–Trinajstić information content (AvgIpc) is 2.63. The van der Waals surface area contributed by atoms with E-state index < -0.39 is 22.7 Å². The highest BCUT2D eigenvalue weighted by atomic mass is 35.5. The second-order valence-electron chi connectivity index (χ2n) is 6.39. The molecule has 0 saturated heterocycles. The number of benzene rings is 2. The highest BCUT2D eigenvalue weighted by Gasteiger charge is 2.33. The van der Waals surface area contributed by atoms with Crippen molar-refractivity contribution in [2.24, 2.45) is 0 Å². The summed E-state index contributed by atoms with van der Waals surface area (Å²) in [6.07, 6.45) is -4.63. The predicted molar refractivity (Wildman–Crippen MR) is 106 cm³/mol. The molecule has 0 aliphatic carbocycles. The summed E-state index contributed by atoms with van der Waals surface area (Å²) >= 11 is 5.62. The van der Waals surface area contributed by atoms with E-state index in [1.807, 2.05) is 19.0 Å². The Morgan fingerprint density at radius 1 is 1.14 bits per heavy atom. The van der Waals surface area contributed by atoms with Crippen molar-refractivity contribution in [3.8, 4) is 11.5 Å². The van der Waals surface area contributed by atoms with Crippen molar-refractivity contribution in [2.75, 3.05) is 39.2 Å². The molecule has 0 saturated carbocycles. The van der Waals surface area contributed by atoms with Crippen molar-refractivity contribution < 1.29 is 27.4 Å². The van der Waals surface area contributed by atoms with E-state index in [2.05, 4.69) is 5.32 Å². The second kappa shape index (κ2) is 9.84. The van der Waals surface area contributed by atoms with Gasteiger partial charge >= 0.3 is 6.18 Å². The van der Waals surface area contributed by atoms with Gasteiger partial charge in [0.15, 0.2) is 0 Å². The molecule has 2 rings (SSSR count). The molecule has 2 aromatic carbocycles. The van der Waals surface area contributed by atoms with Gasteiger partial charge in [0, 0.05) is 12.2 Å². The van der Waals surface area contributed by atoms with Crippen LogP contribution in [-0.4, -0.2) is 44.7 Å². The summed E-state index contributed by atoms with van der Waals surface area (Å²) in [6.45, 7) is 3.16. The molecular weight excluding hydrogens is 409 g/mol. The molecule has 0 unspecified atom stereocenters. The van der Waals surface area contributed by atoms with Crippen molar-refractivity contribution >= 4 is 23.2 Å². The molecule has 5 nitrogen and oxygen atoms in total. The summed E-state index contributed by atoms with van der Waals surface area (Å²) in [4.78, 5) is 14.7.